The van der Waals surface area contributed by atoms with Crippen molar-refractivity contribution in [3.63, 3.8) is 0 Å². The molecule has 4 heteroatoms. The Labute approximate surface area is 129 Å². The number of benzene rings is 2. The summed E-state index contributed by atoms with van der Waals surface area (Å²) in [5.74, 6) is 0.379. The minimum atomic E-state index is -0.456. The molecule has 1 fully saturated rings. The molecule has 0 spiro atoms. The number of hydrogen-bond donors (Lipinski definition) is 1. The molecule has 1 aromatic heterocycles. The van der Waals surface area contributed by atoms with Crippen LogP contribution >= 0.6 is 0 Å². The Morgan fingerprint density at radius 1 is 1.23 bits per heavy atom. The van der Waals surface area contributed by atoms with Gasteiger partial charge in [-0.25, -0.2) is 4.68 Å². The van der Waals surface area contributed by atoms with E-state index in [4.69, 9.17) is 0 Å². The highest BCUT2D eigenvalue weighted by molar-refractivity contribution is 5.86. The molecule has 112 valence electrons. The van der Waals surface area contributed by atoms with Gasteiger partial charge in [0.2, 0.25) is 0 Å². The van der Waals surface area contributed by atoms with Gasteiger partial charge in [0.25, 0.3) is 0 Å². The molecule has 1 unspecified atom stereocenters. The summed E-state index contributed by atoms with van der Waals surface area (Å²) in [6.07, 6.45) is 3.61. The molecule has 1 aliphatic rings. The maximum atomic E-state index is 10.2. The third-order valence-corrected chi connectivity index (χ3v) is 4.52. The zero-order valence-electron chi connectivity index (χ0n) is 12.6. The van der Waals surface area contributed by atoms with E-state index in [2.05, 4.69) is 53.6 Å². The van der Waals surface area contributed by atoms with E-state index >= 15 is 0 Å². The van der Waals surface area contributed by atoms with Crippen LogP contribution in [-0.2, 0) is 6.54 Å². The lowest BCUT2D eigenvalue weighted by molar-refractivity contribution is 0.149. The average Bonchev–Trinajstić information content (AvgIpc) is 3.29. The van der Waals surface area contributed by atoms with Crippen LogP contribution < -0.4 is 0 Å². The van der Waals surface area contributed by atoms with Crippen LogP contribution in [0.15, 0.2) is 42.6 Å². The first kappa shape index (κ1) is 13.5. The second-order valence-electron chi connectivity index (χ2n) is 6.21. The van der Waals surface area contributed by atoms with Crippen molar-refractivity contribution in [1.82, 2.24) is 15.0 Å². The Morgan fingerprint density at radius 2 is 2.05 bits per heavy atom. The molecule has 1 saturated carbocycles. The van der Waals surface area contributed by atoms with Crippen molar-refractivity contribution >= 4 is 10.8 Å². The molecule has 1 heterocycles. The van der Waals surface area contributed by atoms with Gasteiger partial charge < -0.3 is 5.11 Å². The standard InChI is InChI=1S/C18H19N3O/c1-12-6-7-13-4-2-3-5-15(13)16(12)10-21-11-17(19-20-21)18(22)14-8-9-14/h2-7,11,14,18,22H,8-10H2,1H3. The third kappa shape index (κ3) is 2.40. The van der Waals surface area contributed by atoms with Gasteiger partial charge in [-0.3, -0.25) is 0 Å². The summed E-state index contributed by atoms with van der Waals surface area (Å²) >= 11 is 0. The number of fused-ring (bicyclic) bond motifs is 1. The molecule has 4 nitrogen and oxygen atoms in total. The van der Waals surface area contributed by atoms with Crippen LogP contribution in [0.4, 0.5) is 0 Å². The molecule has 1 N–H and O–H groups in total. The molecule has 0 aliphatic heterocycles. The van der Waals surface area contributed by atoms with Crippen LogP contribution in [0.25, 0.3) is 10.8 Å². The predicted octanol–water partition coefficient (Wildman–Crippen LogP) is 3.23. The molecule has 0 amide bonds. The lowest BCUT2D eigenvalue weighted by Crippen LogP contribution is -2.03. The molecular formula is C18H19N3O. The van der Waals surface area contributed by atoms with Gasteiger partial charge in [-0.2, -0.15) is 0 Å². The quantitative estimate of drug-likeness (QED) is 0.803. The number of aryl methyl sites for hydroxylation is 1. The van der Waals surface area contributed by atoms with E-state index in [1.807, 2.05) is 10.9 Å². The Bertz CT molecular complexity index is 820. The summed E-state index contributed by atoms with van der Waals surface area (Å²) in [6.45, 7) is 2.80. The molecule has 1 aliphatic carbocycles. The lowest BCUT2D eigenvalue weighted by atomic mass is 10.00. The molecule has 2 aromatic carbocycles. The summed E-state index contributed by atoms with van der Waals surface area (Å²) < 4.78 is 1.83. The maximum Gasteiger partial charge on any atom is 0.111 e. The molecule has 1 atom stereocenters. The van der Waals surface area contributed by atoms with Crippen molar-refractivity contribution in [2.24, 2.45) is 5.92 Å². The summed E-state index contributed by atoms with van der Waals surface area (Å²) in [5, 5.41) is 21.0. The van der Waals surface area contributed by atoms with E-state index in [1.165, 1.54) is 21.9 Å². The molecule has 22 heavy (non-hydrogen) atoms. The Balaban J connectivity index is 1.67. The summed E-state index contributed by atoms with van der Waals surface area (Å²) in [5.41, 5.74) is 3.20. The first-order valence-electron chi connectivity index (χ1n) is 7.77. The van der Waals surface area contributed by atoms with Crippen molar-refractivity contribution < 1.29 is 5.11 Å². The summed E-state index contributed by atoms with van der Waals surface area (Å²) in [4.78, 5) is 0. The van der Waals surface area contributed by atoms with Gasteiger partial charge in [0, 0.05) is 0 Å². The summed E-state index contributed by atoms with van der Waals surface area (Å²) in [7, 11) is 0. The van der Waals surface area contributed by atoms with Gasteiger partial charge in [-0.15, -0.1) is 5.10 Å². The van der Waals surface area contributed by atoms with Gasteiger partial charge in [-0.05, 0) is 47.6 Å². The van der Waals surface area contributed by atoms with E-state index < -0.39 is 6.10 Å². The molecule has 0 radical (unpaired) electrons. The van der Waals surface area contributed by atoms with Gasteiger partial charge >= 0.3 is 0 Å². The van der Waals surface area contributed by atoms with E-state index in [0.29, 0.717) is 18.2 Å². The van der Waals surface area contributed by atoms with Crippen molar-refractivity contribution in [2.75, 3.05) is 0 Å². The fourth-order valence-electron chi connectivity index (χ4n) is 3.00. The molecule has 4 rings (SSSR count). The fraction of sp³-hybridized carbons (Fsp3) is 0.333. The zero-order valence-corrected chi connectivity index (χ0v) is 12.6. The van der Waals surface area contributed by atoms with E-state index in [-0.39, 0.29) is 0 Å². The monoisotopic (exact) mass is 293 g/mol. The molecule has 0 saturated heterocycles. The minimum absolute atomic E-state index is 0.379. The molecule has 3 aromatic rings. The van der Waals surface area contributed by atoms with Crippen molar-refractivity contribution in [2.45, 2.75) is 32.4 Å². The normalized spacial score (nSPS) is 16.1. The van der Waals surface area contributed by atoms with Crippen molar-refractivity contribution in [3.05, 3.63) is 59.4 Å². The van der Waals surface area contributed by atoms with Gasteiger partial charge in [0.15, 0.2) is 0 Å². The highest BCUT2D eigenvalue weighted by Gasteiger charge is 2.32. The summed E-state index contributed by atoms with van der Waals surface area (Å²) in [6, 6.07) is 12.7. The fourth-order valence-corrected chi connectivity index (χ4v) is 3.00. The maximum absolute atomic E-state index is 10.2. The number of aliphatic hydroxyl groups excluding tert-OH is 1. The van der Waals surface area contributed by atoms with Crippen LogP contribution in [-0.4, -0.2) is 20.1 Å². The minimum Gasteiger partial charge on any atom is -0.386 e. The van der Waals surface area contributed by atoms with Crippen LogP contribution in [0, 0.1) is 12.8 Å². The second-order valence-corrected chi connectivity index (χ2v) is 6.21. The topological polar surface area (TPSA) is 50.9 Å². The van der Waals surface area contributed by atoms with Gasteiger partial charge in [0.1, 0.15) is 11.8 Å². The third-order valence-electron chi connectivity index (χ3n) is 4.52. The first-order chi connectivity index (χ1) is 10.7. The highest BCUT2D eigenvalue weighted by Crippen LogP contribution is 2.40. The van der Waals surface area contributed by atoms with E-state index in [0.717, 1.165) is 12.8 Å². The predicted molar refractivity (Wildman–Crippen MR) is 85.5 cm³/mol. The number of hydrogen-bond acceptors (Lipinski definition) is 3. The number of aliphatic hydroxyl groups is 1. The average molecular weight is 293 g/mol. The van der Waals surface area contributed by atoms with Crippen LogP contribution in [0.2, 0.25) is 0 Å². The largest absolute Gasteiger partial charge is 0.386 e. The smallest absolute Gasteiger partial charge is 0.111 e. The Hall–Kier alpha value is -2.20. The van der Waals surface area contributed by atoms with Crippen LogP contribution in [0.5, 0.6) is 0 Å². The molecular weight excluding hydrogens is 274 g/mol. The Kier molecular flexibility index (Phi) is 3.19. The lowest BCUT2D eigenvalue weighted by Gasteiger charge is -2.10. The zero-order chi connectivity index (χ0) is 15.1. The van der Waals surface area contributed by atoms with E-state index in [9.17, 15) is 5.11 Å². The van der Waals surface area contributed by atoms with Crippen molar-refractivity contribution in [3.8, 4) is 0 Å². The Morgan fingerprint density at radius 3 is 2.86 bits per heavy atom. The van der Waals surface area contributed by atoms with Crippen LogP contribution in [0.3, 0.4) is 0 Å². The van der Waals surface area contributed by atoms with E-state index in [1.54, 1.807) is 0 Å². The number of nitrogens with zero attached hydrogens (tertiary/aromatic N) is 3. The number of rotatable bonds is 4. The molecule has 0 bridgehead atoms. The number of aromatic nitrogens is 3. The van der Waals surface area contributed by atoms with Crippen LogP contribution in [0.1, 0.15) is 35.8 Å². The highest BCUT2D eigenvalue weighted by atomic mass is 16.3. The van der Waals surface area contributed by atoms with Gasteiger partial charge in [-0.1, -0.05) is 41.6 Å². The first-order valence-corrected chi connectivity index (χ1v) is 7.77. The second kappa shape index (κ2) is 5.21. The SMILES string of the molecule is Cc1ccc2ccccc2c1Cn1cc(C(O)C2CC2)nn1. The van der Waals surface area contributed by atoms with Gasteiger partial charge in [0.05, 0.1) is 12.7 Å². The van der Waals surface area contributed by atoms with Crippen molar-refractivity contribution in [1.29, 1.82) is 0 Å².